The van der Waals surface area contributed by atoms with Crippen molar-refractivity contribution >= 4 is 6.40 Å². The Morgan fingerprint density at radius 2 is 2.33 bits per heavy atom. The molecule has 1 heterocycles. The zero-order valence-corrected chi connectivity index (χ0v) is 6.22. The first-order valence-electron chi connectivity index (χ1n) is 3.31. The van der Waals surface area contributed by atoms with Gasteiger partial charge in [-0.15, -0.1) is 0 Å². The first kappa shape index (κ1) is 6.59. The van der Waals surface area contributed by atoms with Crippen LogP contribution in [0.3, 0.4) is 0 Å². The van der Waals surface area contributed by atoms with Crippen LogP contribution in [0.5, 0.6) is 0 Å². The van der Waals surface area contributed by atoms with Gasteiger partial charge in [-0.25, -0.2) is 0 Å². The van der Waals surface area contributed by atoms with E-state index >= 15 is 0 Å². The molecule has 0 aromatic carbocycles. The van der Waals surface area contributed by atoms with Crippen LogP contribution in [0.15, 0.2) is 4.99 Å². The van der Waals surface area contributed by atoms with Crippen molar-refractivity contribution in [1.82, 2.24) is 0 Å². The predicted octanol–water partition coefficient (Wildman–Crippen LogP) is 1.46. The summed E-state index contributed by atoms with van der Waals surface area (Å²) in [7, 11) is 0. The van der Waals surface area contributed by atoms with Gasteiger partial charge in [0.2, 0.25) is 0 Å². The molecule has 0 radical (unpaired) electrons. The smallest absolute Gasteiger partial charge is 0.170 e. The molecule has 0 bridgehead atoms. The highest BCUT2D eigenvalue weighted by molar-refractivity contribution is 5.50. The molecule has 0 N–H and O–H groups in total. The molecule has 1 rings (SSSR count). The van der Waals surface area contributed by atoms with Gasteiger partial charge in [0.15, 0.2) is 6.40 Å². The second kappa shape index (κ2) is 2.01. The number of hydrogen-bond acceptors (Lipinski definition) is 2. The summed E-state index contributed by atoms with van der Waals surface area (Å²) in [6, 6.07) is 0. The SMILES string of the molecule is CC(C)C1(C)CN=CO1. The monoisotopic (exact) mass is 127 g/mol. The number of aliphatic imine (C=N–C) groups is 1. The van der Waals surface area contributed by atoms with Gasteiger partial charge in [-0.2, -0.15) is 0 Å². The van der Waals surface area contributed by atoms with Gasteiger partial charge in [0.1, 0.15) is 5.60 Å². The van der Waals surface area contributed by atoms with Crippen molar-refractivity contribution in [3.05, 3.63) is 0 Å². The number of nitrogens with zero attached hydrogens (tertiary/aromatic N) is 1. The molecule has 2 heteroatoms. The van der Waals surface area contributed by atoms with Crippen molar-refractivity contribution in [2.45, 2.75) is 26.4 Å². The molecule has 1 aliphatic rings. The van der Waals surface area contributed by atoms with E-state index in [0.29, 0.717) is 5.92 Å². The Kier molecular flexibility index (Phi) is 1.47. The highest BCUT2D eigenvalue weighted by atomic mass is 16.5. The minimum atomic E-state index is -0.0278. The maximum Gasteiger partial charge on any atom is 0.170 e. The average molecular weight is 127 g/mol. The van der Waals surface area contributed by atoms with Crippen molar-refractivity contribution < 1.29 is 4.74 Å². The molecule has 0 amide bonds. The van der Waals surface area contributed by atoms with Gasteiger partial charge in [0.25, 0.3) is 0 Å². The standard InChI is InChI=1S/C7H13NO/c1-6(2)7(3)4-8-5-9-7/h5-6H,4H2,1-3H3. The van der Waals surface area contributed by atoms with E-state index in [4.69, 9.17) is 4.74 Å². The van der Waals surface area contributed by atoms with Crippen LogP contribution in [0.2, 0.25) is 0 Å². The van der Waals surface area contributed by atoms with Crippen LogP contribution in [-0.4, -0.2) is 18.5 Å². The van der Waals surface area contributed by atoms with Crippen LogP contribution in [0.1, 0.15) is 20.8 Å². The van der Waals surface area contributed by atoms with Crippen LogP contribution in [-0.2, 0) is 4.74 Å². The van der Waals surface area contributed by atoms with Crippen molar-refractivity contribution in [2.75, 3.05) is 6.54 Å². The molecule has 1 unspecified atom stereocenters. The lowest BCUT2D eigenvalue weighted by molar-refractivity contribution is 0.0643. The summed E-state index contributed by atoms with van der Waals surface area (Å²) in [6.45, 7) is 7.19. The lowest BCUT2D eigenvalue weighted by Gasteiger charge is -2.26. The van der Waals surface area contributed by atoms with Crippen LogP contribution < -0.4 is 0 Å². The first-order chi connectivity index (χ1) is 4.15. The molecular formula is C7H13NO. The van der Waals surface area contributed by atoms with E-state index < -0.39 is 0 Å². The quantitative estimate of drug-likeness (QED) is 0.522. The van der Waals surface area contributed by atoms with E-state index in [1.165, 1.54) is 0 Å². The Labute approximate surface area is 55.9 Å². The molecule has 0 spiro atoms. The lowest BCUT2D eigenvalue weighted by atomic mass is 9.93. The highest BCUT2D eigenvalue weighted by Gasteiger charge is 2.31. The Morgan fingerprint density at radius 3 is 2.56 bits per heavy atom. The molecule has 1 aliphatic heterocycles. The van der Waals surface area contributed by atoms with E-state index in [1.54, 1.807) is 6.40 Å². The summed E-state index contributed by atoms with van der Waals surface area (Å²) in [5.41, 5.74) is -0.0278. The van der Waals surface area contributed by atoms with Gasteiger partial charge in [0, 0.05) is 0 Å². The Bertz CT molecular complexity index is 121. The summed E-state index contributed by atoms with van der Waals surface area (Å²) < 4.78 is 5.31. The maximum atomic E-state index is 5.31. The van der Waals surface area contributed by atoms with E-state index in [2.05, 4.69) is 25.8 Å². The topological polar surface area (TPSA) is 21.6 Å². The maximum absolute atomic E-state index is 5.31. The van der Waals surface area contributed by atoms with Crippen LogP contribution in [0, 0.1) is 5.92 Å². The molecule has 9 heavy (non-hydrogen) atoms. The normalized spacial score (nSPS) is 33.3. The fourth-order valence-electron chi connectivity index (χ4n) is 0.732. The van der Waals surface area contributed by atoms with E-state index in [0.717, 1.165) is 6.54 Å². The Morgan fingerprint density at radius 1 is 1.67 bits per heavy atom. The summed E-state index contributed by atoms with van der Waals surface area (Å²) in [5.74, 6) is 0.542. The largest absolute Gasteiger partial charge is 0.475 e. The highest BCUT2D eigenvalue weighted by Crippen LogP contribution is 2.23. The van der Waals surface area contributed by atoms with Gasteiger partial charge >= 0.3 is 0 Å². The molecule has 0 aromatic heterocycles. The van der Waals surface area contributed by atoms with Crippen molar-refractivity contribution in [2.24, 2.45) is 10.9 Å². The second-order valence-corrected chi connectivity index (χ2v) is 3.03. The van der Waals surface area contributed by atoms with Gasteiger partial charge < -0.3 is 4.74 Å². The number of hydrogen-bond donors (Lipinski definition) is 0. The predicted molar refractivity (Wildman–Crippen MR) is 37.7 cm³/mol. The third-order valence-corrected chi connectivity index (χ3v) is 2.02. The molecule has 52 valence electrons. The fourth-order valence-corrected chi connectivity index (χ4v) is 0.732. The molecule has 0 saturated heterocycles. The zero-order valence-electron chi connectivity index (χ0n) is 6.22. The van der Waals surface area contributed by atoms with Gasteiger partial charge in [-0.1, -0.05) is 13.8 Å². The Hall–Kier alpha value is -0.530. The summed E-state index contributed by atoms with van der Waals surface area (Å²) in [6.07, 6.45) is 1.56. The Balaban J connectivity index is 2.55. The second-order valence-electron chi connectivity index (χ2n) is 3.03. The van der Waals surface area contributed by atoms with E-state index in [1.807, 2.05) is 0 Å². The molecule has 0 aliphatic carbocycles. The van der Waals surface area contributed by atoms with Crippen LogP contribution in [0.4, 0.5) is 0 Å². The average Bonchev–Trinajstić information content (AvgIpc) is 2.16. The lowest BCUT2D eigenvalue weighted by Crippen LogP contribution is -2.33. The minimum absolute atomic E-state index is 0.0278. The third-order valence-electron chi connectivity index (χ3n) is 2.02. The van der Waals surface area contributed by atoms with E-state index in [9.17, 15) is 0 Å². The molecular weight excluding hydrogens is 114 g/mol. The number of rotatable bonds is 1. The van der Waals surface area contributed by atoms with Crippen LogP contribution >= 0.6 is 0 Å². The molecule has 0 saturated carbocycles. The van der Waals surface area contributed by atoms with Gasteiger partial charge in [-0.3, -0.25) is 4.99 Å². The molecule has 2 nitrogen and oxygen atoms in total. The minimum Gasteiger partial charge on any atom is -0.475 e. The van der Waals surface area contributed by atoms with Gasteiger partial charge in [0.05, 0.1) is 6.54 Å². The summed E-state index contributed by atoms with van der Waals surface area (Å²) in [5, 5.41) is 0. The van der Waals surface area contributed by atoms with Crippen molar-refractivity contribution in [3.8, 4) is 0 Å². The van der Waals surface area contributed by atoms with Crippen molar-refractivity contribution in [3.63, 3.8) is 0 Å². The summed E-state index contributed by atoms with van der Waals surface area (Å²) in [4.78, 5) is 4.01. The molecule has 1 atom stereocenters. The zero-order chi connectivity index (χ0) is 6.91. The fraction of sp³-hybridized carbons (Fsp3) is 0.857. The van der Waals surface area contributed by atoms with Crippen molar-refractivity contribution in [1.29, 1.82) is 0 Å². The van der Waals surface area contributed by atoms with E-state index in [-0.39, 0.29) is 5.60 Å². The number of ether oxygens (including phenoxy) is 1. The van der Waals surface area contributed by atoms with Gasteiger partial charge in [-0.05, 0) is 12.8 Å². The third kappa shape index (κ3) is 1.07. The molecule has 0 fully saturated rings. The first-order valence-corrected chi connectivity index (χ1v) is 3.31. The van der Waals surface area contributed by atoms with Crippen LogP contribution in [0.25, 0.3) is 0 Å². The summed E-state index contributed by atoms with van der Waals surface area (Å²) >= 11 is 0. The molecule has 0 aromatic rings.